The number of benzene rings is 2. The normalized spacial score (nSPS) is 16.4. The molecule has 1 unspecified atom stereocenters. The van der Waals surface area contributed by atoms with E-state index in [0.717, 1.165) is 0 Å². The lowest BCUT2D eigenvalue weighted by Crippen LogP contribution is -2.31. The third kappa shape index (κ3) is 3.26. The molecule has 1 aliphatic heterocycles. The third-order valence-corrected chi connectivity index (χ3v) is 6.26. The largest absolute Gasteiger partial charge is 0.506 e. The highest BCUT2D eigenvalue weighted by atomic mass is 35.5. The second-order valence-electron chi connectivity index (χ2n) is 6.86. The molecule has 1 amide bonds. The van der Waals surface area contributed by atoms with E-state index in [1.807, 2.05) is 0 Å². The number of Topliss-reactive ketones (excluding diaryl/α,β-unsaturated/α-hetero) is 1. The summed E-state index contributed by atoms with van der Waals surface area (Å²) < 4.78 is 0. The number of ketones is 1. The van der Waals surface area contributed by atoms with Crippen LogP contribution in [-0.2, 0) is 4.79 Å². The van der Waals surface area contributed by atoms with Crippen molar-refractivity contribution in [1.29, 1.82) is 0 Å². The highest BCUT2D eigenvalue weighted by molar-refractivity contribution is 7.14. The summed E-state index contributed by atoms with van der Waals surface area (Å²) in [5.74, 6) is -1.87. The van der Waals surface area contributed by atoms with Crippen LogP contribution in [0.15, 0.2) is 59.9 Å². The fraction of sp³-hybridized carbons (Fsp3) is 0.136. The molecule has 4 rings (SSSR count). The van der Waals surface area contributed by atoms with Crippen molar-refractivity contribution in [3.05, 3.63) is 86.0 Å². The molecule has 3 aromatic rings. The molecule has 0 saturated carbocycles. The Morgan fingerprint density at radius 3 is 2.43 bits per heavy atom. The van der Waals surface area contributed by atoms with Gasteiger partial charge in [0.1, 0.15) is 5.75 Å². The van der Waals surface area contributed by atoms with Crippen molar-refractivity contribution in [2.75, 3.05) is 4.90 Å². The van der Waals surface area contributed by atoms with E-state index in [1.165, 1.54) is 28.4 Å². The number of phenolic OH excluding ortho intramolecular Hbond substituents is 1. The molecule has 0 fully saturated rings. The van der Waals surface area contributed by atoms with Crippen LogP contribution in [0.1, 0.15) is 32.0 Å². The highest BCUT2D eigenvalue weighted by Crippen LogP contribution is 2.43. The topological polar surface area (TPSA) is 90.7 Å². The van der Waals surface area contributed by atoms with Gasteiger partial charge in [-0.1, -0.05) is 35.9 Å². The monoisotopic (exact) mass is 440 g/mol. The number of anilines is 1. The molecule has 2 heterocycles. The number of amides is 1. The van der Waals surface area contributed by atoms with Crippen molar-refractivity contribution in [1.82, 2.24) is 4.98 Å². The van der Waals surface area contributed by atoms with Crippen molar-refractivity contribution in [3.63, 3.8) is 0 Å². The number of aliphatic hydroxyl groups excluding tert-OH is 1. The molecule has 6 nitrogen and oxygen atoms in total. The van der Waals surface area contributed by atoms with Crippen LogP contribution in [0.4, 0.5) is 5.69 Å². The first-order chi connectivity index (χ1) is 14.3. The SMILES string of the molecule is Cc1nc(C)c(C(=O)C2=C(O)C(=O)N(c3ccccc3)C2c2ccc(O)c(Cl)c2)s1. The van der Waals surface area contributed by atoms with Crippen LogP contribution in [0.3, 0.4) is 0 Å². The minimum absolute atomic E-state index is 0.0441. The number of thiazole rings is 1. The maximum absolute atomic E-state index is 13.4. The average molecular weight is 441 g/mol. The van der Waals surface area contributed by atoms with E-state index in [4.69, 9.17) is 11.6 Å². The van der Waals surface area contributed by atoms with Crippen molar-refractivity contribution < 1.29 is 19.8 Å². The van der Waals surface area contributed by atoms with Crippen LogP contribution in [0.5, 0.6) is 5.75 Å². The van der Waals surface area contributed by atoms with Gasteiger partial charge in [0.05, 0.1) is 32.2 Å². The fourth-order valence-electron chi connectivity index (χ4n) is 3.57. The zero-order chi connectivity index (χ0) is 21.6. The summed E-state index contributed by atoms with van der Waals surface area (Å²) in [6, 6.07) is 12.3. The summed E-state index contributed by atoms with van der Waals surface area (Å²) in [6.45, 7) is 3.50. The summed E-state index contributed by atoms with van der Waals surface area (Å²) in [5, 5.41) is 21.4. The summed E-state index contributed by atoms with van der Waals surface area (Å²) in [5.41, 5.74) is 1.50. The van der Waals surface area contributed by atoms with Crippen molar-refractivity contribution in [2.45, 2.75) is 19.9 Å². The molecule has 0 aliphatic carbocycles. The quantitative estimate of drug-likeness (QED) is 0.563. The standard InChI is InChI=1S/C22H17ClN2O4S/c1-11-21(30-12(2)24-11)19(27)17-18(13-8-9-16(26)15(23)10-13)25(22(29)20(17)28)14-6-4-3-5-7-14/h3-10,18,26,28H,1-2H3. The Balaban J connectivity index is 1.92. The first kappa shape index (κ1) is 20.1. The van der Waals surface area contributed by atoms with Crippen LogP contribution in [-0.4, -0.2) is 26.9 Å². The predicted octanol–water partition coefficient (Wildman–Crippen LogP) is 4.90. The summed E-state index contributed by atoms with van der Waals surface area (Å²) in [7, 11) is 0. The van der Waals surface area contributed by atoms with Gasteiger partial charge in [0, 0.05) is 5.69 Å². The van der Waals surface area contributed by atoms with E-state index >= 15 is 0 Å². The van der Waals surface area contributed by atoms with E-state index in [-0.39, 0.29) is 16.3 Å². The fourth-order valence-corrected chi connectivity index (χ4v) is 4.63. The number of rotatable bonds is 4. The lowest BCUT2D eigenvalue weighted by molar-refractivity contribution is -0.117. The smallest absolute Gasteiger partial charge is 0.294 e. The van der Waals surface area contributed by atoms with Crippen molar-refractivity contribution in [3.8, 4) is 5.75 Å². The second-order valence-corrected chi connectivity index (χ2v) is 8.47. The Morgan fingerprint density at radius 1 is 1.13 bits per heavy atom. The maximum atomic E-state index is 13.4. The molecule has 2 aromatic carbocycles. The van der Waals surface area contributed by atoms with Crippen molar-refractivity contribution >= 4 is 40.3 Å². The number of aromatic nitrogens is 1. The number of nitrogens with zero attached hydrogens (tertiary/aromatic N) is 2. The molecule has 8 heteroatoms. The van der Waals surface area contributed by atoms with E-state index in [0.29, 0.717) is 26.8 Å². The number of aliphatic hydroxyl groups is 1. The lowest BCUT2D eigenvalue weighted by atomic mass is 9.94. The van der Waals surface area contributed by atoms with Crippen LogP contribution >= 0.6 is 22.9 Å². The van der Waals surface area contributed by atoms with Gasteiger partial charge in [-0.3, -0.25) is 14.5 Å². The molecule has 2 N–H and O–H groups in total. The zero-order valence-electron chi connectivity index (χ0n) is 16.1. The summed E-state index contributed by atoms with van der Waals surface area (Å²) in [6.07, 6.45) is 0. The van der Waals surface area contributed by atoms with Crippen LogP contribution in [0.25, 0.3) is 0 Å². The molecule has 0 saturated heterocycles. The second kappa shape index (κ2) is 7.59. The minimum atomic E-state index is -0.910. The van der Waals surface area contributed by atoms with E-state index in [1.54, 1.807) is 50.2 Å². The first-order valence-corrected chi connectivity index (χ1v) is 10.3. The molecule has 1 atom stereocenters. The van der Waals surface area contributed by atoms with Crippen LogP contribution < -0.4 is 4.90 Å². The Kier molecular flexibility index (Phi) is 5.09. The van der Waals surface area contributed by atoms with E-state index < -0.39 is 23.5 Å². The van der Waals surface area contributed by atoms with Gasteiger partial charge in [-0.25, -0.2) is 4.98 Å². The van der Waals surface area contributed by atoms with E-state index in [2.05, 4.69) is 4.98 Å². The van der Waals surface area contributed by atoms with Crippen LogP contribution in [0.2, 0.25) is 5.02 Å². The Bertz CT molecular complexity index is 1200. The zero-order valence-corrected chi connectivity index (χ0v) is 17.7. The molecule has 0 bridgehead atoms. The van der Waals surface area contributed by atoms with E-state index in [9.17, 15) is 19.8 Å². The molecule has 0 spiro atoms. The number of aryl methyl sites for hydroxylation is 2. The Hall–Kier alpha value is -3.16. The van der Waals surface area contributed by atoms with Gasteiger partial charge in [-0.2, -0.15) is 0 Å². The number of carbonyl (C=O) groups is 2. The number of halogens is 1. The third-order valence-electron chi connectivity index (χ3n) is 4.88. The number of hydrogen-bond acceptors (Lipinski definition) is 6. The van der Waals surface area contributed by atoms with Gasteiger partial charge in [-0.05, 0) is 43.7 Å². The maximum Gasteiger partial charge on any atom is 0.294 e. The van der Waals surface area contributed by atoms with Gasteiger partial charge in [0.25, 0.3) is 5.91 Å². The van der Waals surface area contributed by atoms with Crippen LogP contribution in [0, 0.1) is 13.8 Å². The summed E-state index contributed by atoms with van der Waals surface area (Å²) in [4.78, 5) is 32.5. The van der Waals surface area contributed by atoms with Crippen molar-refractivity contribution in [2.24, 2.45) is 0 Å². The van der Waals surface area contributed by atoms with Gasteiger partial charge < -0.3 is 10.2 Å². The number of phenols is 1. The van der Waals surface area contributed by atoms with Gasteiger partial charge in [0.2, 0.25) is 5.78 Å². The molecule has 30 heavy (non-hydrogen) atoms. The predicted molar refractivity (Wildman–Crippen MR) is 115 cm³/mol. The summed E-state index contributed by atoms with van der Waals surface area (Å²) >= 11 is 7.32. The van der Waals surface area contributed by atoms with Gasteiger partial charge in [-0.15, -0.1) is 11.3 Å². The number of hydrogen-bond donors (Lipinski definition) is 2. The van der Waals surface area contributed by atoms with Gasteiger partial charge >= 0.3 is 0 Å². The molecule has 1 aromatic heterocycles. The molecule has 152 valence electrons. The Labute approximate surface area is 181 Å². The first-order valence-electron chi connectivity index (χ1n) is 9.08. The van der Waals surface area contributed by atoms with Gasteiger partial charge in [0.15, 0.2) is 5.76 Å². The Morgan fingerprint density at radius 2 is 1.83 bits per heavy atom. The molecule has 1 aliphatic rings. The number of aromatic hydroxyl groups is 1. The highest BCUT2D eigenvalue weighted by Gasteiger charge is 2.45. The number of carbonyl (C=O) groups excluding carboxylic acids is 2. The minimum Gasteiger partial charge on any atom is -0.506 e. The molecular formula is C22H17ClN2O4S. The average Bonchev–Trinajstić information content (AvgIpc) is 3.20. The molecular weight excluding hydrogens is 424 g/mol. The number of para-hydroxylation sites is 1. The molecule has 0 radical (unpaired) electrons. The lowest BCUT2D eigenvalue weighted by Gasteiger charge is -2.27.